The first-order chi connectivity index (χ1) is 12.7. The van der Waals surface area contributed by atoms with E-state index >= 15 is 0 Å². The Kier molecular flexibility index (Phi) is 8.42. The van der Waals surface area contributed by atoms with Crippen LogP contribution in [0.25, 0.3) is 0 Å². The molecule has 0 saturated heterocycles. The van der Waals surface area contributed by atoms with E-state index < -0.39 is 0 Å². The number of benzene rings is 1. The minimum Gasteiger partial charge on any atom is -0.473 e. The highest BCUT2D eigenvalue weighted by Crippen LogP contribution is 2.12. The minimum atomic E-state index is 0.181. The number of aromatic nitrogens is 1. The maximum Gasteiger partial charge on any atom is 0.213 e. The van der Waals surface area contributed by atoms with Crippen molar-refractivity contribution in [3.8, 4) is 5.88 Å². The van der Waals surface area contributed by atoms with Crippen LogP contribution in [0.3, 0.4) is 0 Å². The number of rotatable bonds is 9. The molecule has 6 nitrogen and oxygen atoms in total. The molecule has 6 heteroatoms. The monoisotopic (exact) mass is 356 g/mol. The Morgan fingerprint density at radius 3 is 2.73 bits per heavy atom. The van der Waals surface area contributed by atoms with E-state index in [4.69, 9.17) is 9.47 Å². The first kappa shape index (κ1) is 19.7. The highest BCUT2D eigenvalue weighted by Gasteiger charge is 2.05. The molecule has 0 spiro atoms. The van der Waals surface area contributed by atoms with Crippen LogP contribution in [0.4, 0.5) is 0 Å². The lowest BCUT2D eigenvalue weighted by molar-refractivity contribution is 0.179. The Morgan fingerprint density at radius 2 is 2.00 bits per heavy atom. The Morgan fingerprint density at radius 1 is 1.19 bits per heavy atom. The second-order valence-corrected chi connectivity index (χ2v) is 5.97. The molecule has 1 unspecified atom stereocenters. The molecule has 2 N–H and O–H groups in total. The molecule has 0 aliphatic heterocycles. The maximum atomic E-state index is 5.78. The molecule has 1 aromatic carbocycles. The molecule has 1 aromatic heterocycles. The second kappa shape index (κ2) is 11.1. The van der Waals surface area contributed by atoms with Gasteiger partial charge in [-0.3, -0.25) is 0 Å². The number of nitrogens with zero attached hydrogens (tertiary/aromatic N) is 2. The van der Waals surface area contributed by atoms with Crippen molar-refractivity contribution in [2.24, 2.45) is 4.99 Å². The Labute approximate surface area is 155 Å². The van der Waals surface area contributed by atoms with Gasteiger partial charge in [-0.1, -0.05) is 30.3 Å². The van der Waals surface area contributed by atoms with Crippen LogP contribution < -0.4 is 15.4 Å². The fraction of sp³-hybridized carbons (Fsp3) is 0.400. The molecule has 26 heavy (non-hydrogen) atoms. The third-order valence-electron chi connectivity index (χ3n) is 3.59. The van der Waals surface area contributed by atoms with Gasteiger partial charge in [-0.15, -0.1) is 0 Å². The third-order valence-corrected chi connectivity index (χ3v) is 3.59. The average Bonchev–Trinajstić information content (AvgIpc) is 2.66. The molecular weight excluding hydrogens is 328 g/mol. The summed E-state index contributed by atoms with van der Waals surface area (Å²) in [6.45, 7) is 6.56. The second-order valence-electron chi connectivity index (χ2n) is 5.97. The first-order valence-electron chi connectivity index (χ1n) is 8.86. The summed E-state index contributed by atoms with van der Waals surface area (Å²) in [6, 6.07) is 14.1. The predicted octanol–water partition coefficient (Wildman–Crippen LogP) is 2.75. The fourth-order valence-corrected chi connectivity index (χ4v) is 2.37. The summed E-state index contributed by atoms with van der Waals surface area (Å²) in [5.41, 5.74) is 2.16. The number of guanidine groups is 1. The molecule has 140 valence electrons. The summed E-state index contributed by atoms with van der Waals surface area (Å²) < 4.78 is 10.9. The van der Waals surface area contributed by atoms with Crippen molar-refractivity contribution in [3.05, 3.63) is 59.8 Å². The van der Waals surface area contributed by atoms with Crippen molar-refractivity contribution in [1.82, 2.24) is 15.6 Å². The number of pyridine rings is 1. The van der Waals surface area contributed by atoms with Crippen LogP contribution in [0, 0.1) is 0 Å². The van der Waals surface area contributed by atoms with Gasteiger partial charge in [0.2, 0.25) is 5.88 Å². The van der Waals surface area contributed by atoms with Gasteiger partial charge in [0, 0.05) is 32.0 Å². The van der Waals surface area contributed by atoms with Gasteiger partial charge in [-0.2, -0.15) is 0 Å². The van der Waals surface area contributed by atoms with E-state index in [1.54, 1.807) is 13.3 Å². The molecule has 2 aromatic rings. The van der Waals surface area contributed by atoms with Gasteiger partial charge in [0.25, 0.3) is 0 Å². The van der Waals surface area contributed by atoms with E-state index in [-0.39, 0.29) is 6.04 Å². The van der Waals surface area contributed by atoms with Crippen LogP contribution in [-0.2, 0) is 17.9 Å². The predicted molar refractivity (Wildman–Crippen MR) is 104 cm³/mol. The number of hydrogen-bond acceptors (Lipinski definition) is 4. The van der Waals surface area contributed by atoms with E-state index in [0.717, 1.165) is 23.6 Å². The van der Waals surface area contributed by atoms with Crippen LogP contribution >= 0.6 is 0 Å². The van der Waals surface area contributed by atoms with Crippen molar-refractivity contribution in [2.45, 2.75) is 33.0 Å². The van der Waals surface area contributed by atoms with Crippen molar-refractivity contribution in [2.75, 3.05) is 20.3 Å². The van der Waals surface area contributed by atoms with Gasteiger partial charge in [0.05, 0.1) is 13.2 Å². The topological polar surface area (TPSA) is 67.8 Å². The lowest BCUT2D eigenvalue weighted by Gasteiger charge is -2.17. The molecule has 2 rings (SSSR count). The maximum absolute atomic E-state index is 5.78. The van der Waals surface area contributed by atoms with E-state index in [9.17, 15) is 0 Å². The van der Waals surface area contributed by atoms with Crippen molar-refractivity contribution < 1.29 is 9.47 Å². The van der Waals surface area contributed by atoms with Crippen molar-refractivity contribution in [1.29, 1.82) is 0 Å². The highest BCUT2D eigenvalue weighted by atomic mass is 16.5. The van der Waals surface area contributed by atoms with E-state index in [1.165, 1.54) is 0 Å². The van der Waals surface area contributed by atoms with Gasteiger partial charge in [-0.05, 0) is 31.0 Å². The SMILES string of the molecule is CCNC(=NCc1ccnc(OCc2ccccc2)c1)NC(C)COC. The zero-order chi connectivity index (χ0) is 18.6. The lowest BCUT2D eigenvalue weighted by Crippen LogP contribution is -2.43. The zero-order valence-electron chi connectivity index (χ0n) is 15.7. The highest BCUT2D eigenvalue weighted by molar-refractivity contribution is 5.80. The molecule has 0 amide bonds. The Hall–Kier alpha value is -2.60. The third kappa shape index (κ3) is 7.11. The standard InChI is InChI=1S/C20H28N4O2/c1-4-21-20(24-16(2)14-25-3)23-13-18-10-11-22-19(12-18)26-15-17-8-6-5-7-9-17/h5-12,16H,4,13-15H2,1-3H3,(H2,21,23,24). The smallest absolute Gasteiger partial charge is 0.213 e. The first-order valence-corrected chi connectivity index (χ1v) is 8.86. The molecule has 0 saturated carbocycles. The van der Waals surface area contributed by atoms with Crippen molar-refractivity contribution >= 4 is 5.96 Å². The van der Waals surface area contributed by atoms with E-state index in [0.29, 0.717) is 25.6 Å². The van der Waals surface area contributed by atoms with Gasteiger partial charge in [0.1, 0.15) is 6.61 Å². The van der Waals surface area contributed by atoms with Crippen LogP contribution in [0.1, 0.15) is 25.0 Å². The van der Waals surface area contributed by atoms with Crippen LogP contribution in [0.5, 0.6) is 5.88 Å². The molecule has 0 aliphatic rings. The summed E-state index contributed by atoms with van der Waals surface area (Å²) >= 11 is 0. The molecule has 0 bridgehead atoms. The molecule has 0 fully saturated rings. The van der Waals surface area contributed by atoms with Crippen LogP contribution in [-0.4, -0.2) is 37.2 Å². The fourth-order valence-electron chi connectivity index (χ4n) is 2.37. The molecule has 0 aliphatic carbocycles. The summed E-state index contributed by atoms with van der Waals surface area (Å²) in [4.78, 5) is 8.89. The Balaban J connectivity index is 1.94. The normalized spacial score (nSPS) is 12.5. The minimum absolute atomic E-state index is 0.181. The summed E-state index contributed by atoms with van der Waals surface area (Å²) in [5.74, 6) is 1.37. The largest absolute Gasteiger partial charge is 0.473 e. The lowest BCUT2D eigenvalue weighted by atomic mass is 10.2. The number of methoxy groups -OCH3 is 1. The number of nitrogens with one attached hydrogen (secondary N) is 2. The molecule has 1 atom stereocenters. The zero-order valence-corrected chi connectivity index (χ0v) is 15.7. The van der Waals surface area contributed by atoms with Crippen molar-refractivity contribution in [3.63, 3.8) is 0 Å². The number of ether oxygens (including phenoxy) is 2. The van der Waals surface area contributed by atoms with E-state index in [2.05, 4.69) is 27.5 Å². The summed E-state index contributed by atoms with van der Waals surface area (Å²) in [7, 11) is 1.69. The van der Waals surface area contributed by atoms with Crippen LogP contribution in [0.2, 0.25) is 0 Å². The molecule has 1 heterocycles. The average molecular weight is 356 g/mol. The van der Waals surface area contributed by atoms with Gasteiger partial charge in [0.15, 0.2) is 5.96 Å². The summed E-state index contributed by atoms with van der Waals surface area (Å²) in [6.07, 6.45) is 1.75. The summed E-state index contributed by atoms with van der Waals surface area (Å²) in [5, 5.41) is 6.56. The number of hydrogen-bond donors (Lipinski definition) is 2. The van der Waals surface area contributed by atoms with Crippen LogP contribution in [0.15, 0.2) is 53.7 Å². The van der Waals surface area contributed by atoms with Gasteiger partial charge in [-0.25, -0.2) is 9.98 Å². The molecule has 0 radical (unpaired) electrons. The Bertz CT molecular complexity index is 677. The quantitative estimate of drug-likeness (QED) is 0.534. The molecular formula is C20H28N4O2. The van der Waals surface area contributed by atoms with Gasteiger partial charge < -0.3 is 20.1 Å². The van der Waals surface area contributed by atoms with Gasteiger partial charge >= 0.3 is 0 Å². The number of aliphatic imine (C=N–C) groups is 1. The van der Waals surface area contributed by atoms with E-state index in [1.807, 2.05) is 49.4 Å².